The molecule has 0 saturated heterocycles. The van der Waals surface area contributed by atoms with Crippen molar-refractivity contribution in [1.29, 1.82) is 0 Å². The third-order valence-corrected chi connectivity index (χ3v) is 4.03. The van der Waals surface area contributed by atoms with Gasteiger partial charge in [0.2, 0.25) is 5.91 Å². The molecule has 3 N–H and O–H groups in total. The first-order chi connectivity index (χ1) is 11.6. The normalized spacial score (nSPS) is 12.1. The molecule has 0 radical (unpaired) electrons. The highest BCUT2D eigenvalue weighted by Crippen LogP contribution is 2.12. The van der Waals surface area contributed by atoms with Crippen molar-refractivity contribution in [3.63, 3.8) is 0 Å². The first kappa shape index (κ1) is 23.7. The van der Waals surface area contributed by atoms with Gasteiger partial charge in [0.1, 0.15) is 0 Å². The van der Waals surface area contributed by atoms with Gasteiger partial charge in [0.05, 0.1) is 0 Å². The van der Waals surface area contributed by atoms with Crippen LogP contribution < -0.4 is 16.0 Å². The molecule has 1 amide bonds. The Morgan fingerprint density at radius 3 is 2.60 bits per heavy atom. The Morgan fingerprint density at radius 1 is 1.24 bits per heavy atom. The maximum absolute atomic E-state index is 11.1. The molecule has 142 valence electrons. The highest BCUT2D eigenvalue weighted by atomic mass is 127. The Hall–Kier alpha value is -1.31. The molecule has 1 rings (SSSR count). The molecule has 0 bridgehead atoms. The molecular weight excluding hydrogens is 427 g/mol. The first-order valence-electron chi connectivity index (χ1n) is 8.90. The number of carbonyl (C=O) groups is 1. The number of nitrogens with zero attached hydrogens (tertiary/aromatic N) is 1. The number of anilines is 1. The second-order valence-electron chi connectivity index (χ2n) is 6.10. The second kappa shape index (κ2) is 13.9. The van der Waals surface area contributed by atoms with Crippen LogP contribution in [0.1, 0.15) is 52.0 Å². The molecule has 1 unspecified atom stereocenters. The van der Waals surface area contributed by atoms with E-state index in [2.05, 4.69) is 34.8 Å². The molecule has 1 aromatic carbocycles. The SMILES string of the molecule is CCCCC(CC)CNC(=NC)NCc1cccc(NC(C)=O)c1.I. The fraction of sp³-hybridized carbons (Fsp3) is 0.579. The van der Waals surface area contributed by atoms with Crippen molar-refractivity contribution in [3.8, 4) is 0 Å². The lowest BCUT2D eigenvalue weighted by molar-refractivity contribution is -0.114. The van der Waals surface area contributed by atoms with E-state index in [1.54, 1.807) is 7.05 Å². The summed E-state index contributed by atoms with van der Waals surface area (Å²) in [6, 6.07) is 7.83. The summed E-state index contributed by atoms with van der Waals surface area (Å²) in [5, 5.41) is 9.55. The van der Waals surface area contributed by atoms with E-state index in [9.17, 15) is 4.79 Å². The zero-order valence-electron chi connectivity index (χ0n) is 15.9. The van der Waals surface area contributed by atoms with Crippen molar-refractivity contribution in [2.75, 3.05) is 18.9 Å². The summed E-state index contributed by atoms with van der Waals surface area (Å²) < 4.78 is 0. The van der Waals surface area contributed by atoms with E-state index in [1.165, 1.54) is 32.6 Å². The minimum atomic E-state index is -0.0599. The average Bonchev–Trinajstić information content (AvgIpc) is 2.57. The molecule has 0 aromatic heterocycles. The van der Waals surface area contributed by atoms with Crippen molar-refractivity contribution < 1.29 is 4.79 Å². The number of halogens is 1. The minimum Gasteiger partial charge on any atom is -0.356 e. The largest absolute Gasteiger partial charge is 0.356 e. The Morgan fingerprint density at radius 2 is 2.00 bits per heavy atom. The number of aliphatic imine (C=N–C) groups is 1. The monoisotopic (exact) mass is 460 g/mol. The molecule has 0 spiro atoms. The number of hydrogen-bond donors (Lipinski definition) is 3. The van der Waals surface area contributed by atoms with E-state index in [-0.39, 0.29) is 29.9 Å². The van der Waals surface area contributed by atoms with Crippen LogP contribution in [0.25, 0.3) is 0 Å². The number of benzene rings is 1. The zero-order chi connectivity index (χ0) is 17.8. The van der Waals surface area contributed by atoms with Crippen LogP contribution in [0.15, 0.2) is 29.3 Å². The average molecular weight is 460 g/mol. The summed E-state index contributed by atoms with van der Waals surface area (Å²) in [6.07, 6.45) is 4.97. The van der Waals surface area contributed by atoms with Gasteiger partial charge in [0.15, 0.2) is 5.96 Å². The number of hydrogen-bond acceptors (Lipinski definition) is 2. The highest BCUT2D eigenvalue weighted by molar-refractivity contribution is 14.0. The number of guanidine groups is 1. The van der Waals surface area contributed by atoms with Gasteiger partial charge >= 0.3 is 0 Å². The molecule has 25 heavy (non-hydrogen) atoms. The molecule has 1 atom stereocenters. The van der Waals surface area contributed by atoms with Gasteiger partial charge in [-0.15, -0.1) is 24.0 Å². The summed E-state index contributed by atoms with van der Waals surface area (Å²) in [5.41, 5.74) is 1.91. The third-order valence-electron chi connectivity index (χ3n) is 4.03. The molecule has 0 heterocycles. The van der Waals surface area contributed by atoms with E-state index in [4.69, 9.17) is 0 Å². The van der Waals surface area contributed by atoms with Crippen molar-refractivity contribution in [3.05, 3.63) is 29.8 Å². The molecule has 0 aliphatic carbocycles. The standard InChI is InChI=1S/C19H32N4O.HI/c1-5-7-9-16(6-2)13-21-19(20-4)22-14-17-10-8-11-18(12-17)23-15(3)24;/h8,10-12,16H,5-7,9,13-14H2,1-4H3,(H,23,24)(H2,20,21,22);1H. The zero-order valence-corrected chi connectivity index (χ0v) is 18.2. The predicted molar refractivity (Wildman–Crippen MR) is 118 cm³/mol. The molecule has 5 nitrogen and oxygen atoms in total. The first-order valence-corrected chi connectivity index (χ1v) is 8.90. The summed E-state index contributed by atoms with van der Waals surface area (Å²) >= 11 is 0. The van der Waals surface area contributed by atoms with Crippen LogP contribution in [-0.2, 0) is 11.3 Å². The quantitative estimate of drug-likeness (QED) is 0.295. The lowest BCUT2D eigenvalue weighted by Crippen LogP contribution is -2.39. The lowest BCUT2D eigenvalue weighted by atomic mass is 9.99. The maximum atomic E-state index is 11.1. The predicted octanol–water partition coefficient (Wildman–Crippen LogP) is 4.14. The van der Waals surface area contributed by atoms with Crippen molar-refractivity contribution in [1.82, 2.24) is 10.6 Å². The summed E-state index contributed by atoms with van der Waals surface area (Å²) in [4.78, 5) is 15.4. The maximum Gasteiger partial charge on any atom is 0.221 e. The Balaban J connectivity index is 0.00000576. The van der Waals surface area contributed by atoms with Gasteiger partial charge in [-0.1, -0.05) is 45.2 Å². The number of nitrogens with one attached hydrogen (secondary N) is 3. The number of amides is 1. The fourth-order valence-electron chi connectivity index (χ4n) is 2.55. The fourth-order valence-corrected chi connectivity index (χ4v) is 2.55. The smallest absolute Gasteiger partial charge is 0.221 e. The molecule has 0 saturated carbocycles. The van der Waals surface area contributed by atoms with Gasteiger partial charge in [0.25, 0.3) is 0 Å². The van der Waals surface area contributed by atoms with Gasteiger partial charge in [-0.3, -0.25) is 9.79 Å². The van der Waals surface area contributed by atoms with E-state index in [0.717, 1.165) is 23.8 Å². The highest BCUT2D eigenvalue weighted by Gasteiger charge is 2.07. The van der Waals surface area contributed by atoms with Crippen molar-refractivity contribution in [2.45, 2.75) is 53.0 Å². The molecule has 1 aromatic rings. The van der Waals surface area contributed by atoms with E-state index >= 15 is 0 Å². The molecular formula is C19H33IN4O. The van der Waals surface area contributed by atoms with Gasteiger partial charge in [0, 0.05) is 32.7 Å². The topological polar surface area (TPSA) is 65.5 Å². The van der Waals surface area contributed by atoms with Crippen LogP contribution in [0.3, 0.4) is 0 Å². The number of rotatable bonds is 9. The van der Waals surface area contributed by atoms with E-state index in [1.807, 2.05) is 24.3 Å². The summed E-state index contributed by atoms with van der Waals surface area (Å²) in [5.74, 6) is 1.44. The van der Waals surface area contributed by atoms with E-state index < -0.39 is 0 Å². The van der Waals surface area contributed by atoms with Crippen LogP contribution in [0.4, 0.5) is 5.69 Å². The summed E-state index contributed by atoms with van der Waals surface area (Å²) in [7, 11) is 1.79. The molecule has 0 aliphatic rings. The van der Waals surface area contributed by atoms with Gasteiger partial charge < -0.3 is 16.0 Å². The second-order valence-corrected chi connectivity index (χ2v) is 6.10. The molecule has 0 aliphatic heterocycles. The van der Waals surface area contributed by atoms with Crippen LogP contribution in [0.2, 0.25) is 0 Å². The van der Waals surface area contributed by atoms with Crippen molar-refractivity contribution >= 4 is 41.5 Å². The Kier molecular flexibility index (Phi) is 13.2. The number of carbonyl (C=O) groups excluding carboxylic acids is 1. The van der Waals surface area contributed by atoms with E-state index in [0.29, 0.717) is 12.5 Å². The molecule has 0 fully saturated rings. The van der Waals surface area contributed by atoms with Crippen LogP contribution in [0.5, 0.6) is 0 Å². The Labute approximate surface area is 169 Å². The number of unbranched alkanes of at least 4 members (excludes halogenated alkanes) is 1. The van der Waals surface area contributed by atoms with Gasteiger partial charge in [-0.2, -0.15) is 0 Å². The summed E-state index contributed by atoms with van der Waals surface area (Å²) in [6.45, 7) is 7.60. The lowest BCUT2D eigenvalue weighted by Gasteiger charge is -2.18. The van der Waals surface area contributed by atoms with Gasteiger partial charge in [-0.25, -0.2) is 0 Å². The van der Waals surface area contributed by atoms with Crippen LogP contribution in [0, 0.1) is 5.92 Å². The van der Waals surface area contributed by atoms with Crippen molar-refractivity contribution in [2.24, 2.45) is 10.9 Å². The third kappa shape index (κ3) is 10.3. The van der Waals surface area contributed by atoms with Crippen LogP contribution >= 0.6 is 24.0 Å². The molecule has 6 heteroatoms. The Bertz CT molecular complexity index is 534. The van der Waals surface area contributed by atoms with Gasteiger partial charge in [-0.05, 0) is 30.0 Å². The minimum absolute atomic E-state index is 0. The van der Waals surface area contributed by atoms with Crippen LogP contribution in [-0.4, -0.2) is 25.5 Å².